The van der Waals surface area contributed by atoms with Crippen LogP contribution in [0.3, 0.4) is 0 Å². The number of esters is 2. The molecule has 0 spiro atoms. The molecule has 43 heavy (non-hydrogen) atoms. The van der Waals surface area contributed by atoms with E-state index in [2.05, 4.69) is 42.7 Å². The zero-order chi connectivity index (χ0) is 31.6. The molecule has 9 nitrogen and oxygen atoms in total. The average Bonchev–Trinajstić information content (AvgIpc) is 3.72. The highest BCUT2D eigenvalue weighted by atomic mass is 31.2. The van der Waals surface area contributed by atoms with Crippen molar-refractivity contribution in [2.45, 2.75) is 148 Å². The van der Waals surface area contributed by atoms with Gasteiger partial charge in [0.15, 0.2) is 6.10 Å². The maximum Gasteiger partial charge on any atom is 0.469 e. The number of carbonyl (C=O) groups is 2. The monoisotopic (exact) mass is 628 g/mol. The van der Waals surface area contributed by atoms with Gasteiger partial charge in [0.25, 0.3) is 0 Å². The fourth-order valence-electron chi connectivity index (χ4n) is 4.46. The second-order valence-electron chi connectivity index (χ2n) is 11.2. The van der Waals surface area contributed by atoms with Crippen molar-refractivity contribution in [1.82, 2.24) is 0 Å². The van der Waals surface area contributed by atoms with Gasteiger partial charge >= 0.3 is 19.8 Å². The molecule has 10 heteroatoms. The third-order valence-electron chi connectivity index (χ3n) is 7.06. The summed E-state index contributed by atoms with van der Waals surface area (Å²) in [6.07, 6.45) is 29.3. The quantitative estimate of drug-likeness (QED) is 0.0290. The van der Waals surface area contributed by atoms with E-state index in [0.29, 0.717) is 31.5 Å². The van der Waals surface area contributed by atoms with Crippen LogP contribution in [0.25, 0.3) is 0 Å². The molecule has 1 rings (SSSR count). The van der Waals surface area contributed by atoms with Crippen LogP contribution in [0.5, 0.6) is 0 Å². The zero-order valence-corrected chi connectivity index (χ0v) is 27.4. The van der Waals surface area contributed by atoms with E-state index in [4.69, 9.17) is 24.0 Å². The normalized spacial score (nSPS) is 17.7. The first-order chi connectivity index (χ1) is 20.7. The number of rotatable bonds is 28. The molecule has 0 radical (unpaired) electrons. The molecule has 0 amide bonds. The number of hydrogen-bond acceptors (Lipinski definition) is 7. The lowest BCUT2D eigenvalue weighted by molar-refractivity contribution is -0.161. The molecule has 1 aliphatic rings. The van der Waals surface area contributed by atoms with E-state index >= 15 is 0 Å². The van der Waals surface area contributed by atoms with Gasteiger partial charge in [-0.05, 0) is 51.4 Å². The van der Waals surface area contributed by atoms with Crippen molar-refractivity contribution < 1.29 is 42.7 Å². The molecule has 0 bridgehead atoms. The third kappa shape index (κ3) is 25.3. The zero-order valence-electron chi connectivity index (χ0n) is 26.5. The van der Waals surface area contributed by atoms with Crippen LogP contribution in [0.1, 0.15) is 129 Å². The van der Waals surface area contributed by atoms with Crippen LogP contribution in [0.15, 0.2) is 36.5 Å². The Hall–Kier alpha value is -1.77. The number of unbranched alkanes of at least 4 members (excludes halogenated alkanes) is 10. The summed E-state index contributed by atoms with van der Waals surface area (Å²) in [6.45, 7) is 3.51. The fourth-order valence-corrected chi connectivity index (χ4v) is 4.82. The first-order valence-electron chi connectivity index (χ1n) is 16.4. The van der Waals surface area contributed by atoms with Crippen molar-refractivity contribution in [1.29, 1.82) is 0 Å². The van der Waals surface area contributed by atoms with Crippen LogP contribution in [0, 0.1) is 0 Å². The van der Waals surface area contributed by atoms with Crippen molar-refractivity contribution in [2.75, 3.05) is 13.2 Å². The number of carbonyl (C=O) groups excluding carboxylic acids is 2. The second kappa shape index (κ2) is 25.5. The van der Waals surface area contributed by atoms with Crippen LogP contribution >= 0.6 is 7.82 Å². The highest BCUT2D eigenvalue weighted by Crippen LogP contribution is 2.36. The Morgan fingerprint density at radius 1 is 0.721 bits per heavy atom. The smallest absolute Gasteiger partial charge is 0.462 e. The first-order valence-corrected chi connectivity index (χ1v) is 17.9. The van der Waals surface area contributed by atoms with Crippen LogP contribution in [-0.4, -0.2) is 53.3 Å². The molecule has 2 N–H and O–H groups in total. The van der Waals surface area contributed by atoms with E-state index in [9.17, 15) is 14.2 Å². The Morgan fingerprint density at radius 2 is 1.28 bits per heavy atom. The number of phosphoric ester groups is 1. The fraction of sp³-hybridized carbons (Fsp3) is 0.758. The molecule has 0 aliphatic carbocycles. The van der Waals surface area contributed by atoms with Gasteiger partial charge in [-0.2, -0.15) is 0 Å². The summed E-state index contributed by atoms with van der Waals surface area (Å²) in [5, 5.41) is 0. The molecule has 248 valence electrons. The number of allylic oxidation sites excluding steroid dienone is 4. The molecule has 3 atom stereocenters. The van der Waals surface area contributed by atoms with Crippen molar-refractivity contribution in [2.24, 2.45) is 0 Å². The van der Waals surface area contributed by atoms with Crippen molar-refractivity contribution in [3.05, 3.63) is 36.5 Å². The Kier molecular flexibility index (Phi) is 23.3. The largest absolute Gasteiger partial charge is 0.469 e. The molecule has 1 aliphatic heterocycles. The average molecular weight is 629 g/mol. The van der Waals surface area contributed by atoms with Crippen LogP contribution in [0.4, 0.5) is 0 Å². The molecule has 2 unspecified atom stereocenters. The topological polar surface area (TPSA) is 132 Å². The van der Waals surface area contributed by atoms with Gasteiger partial charge in [0, 0.05) is 12.8 Å². The lowest BCUT2D eigenvalue weighted by Crippen LogP contribution is -2.29. The van der Waals surface area contributed by atoms with E-state index in [0.717, 1.165) is 44.9 Å². The lowest BCUT2D eigenvalue weighted by atomic mass is 10.1. The molecular weight excluding hydrogens is 571 g/mol. The molecule has 1 fully saturated rings. The van der Waals surface area contributed by atoms with Gasteiger partial charge in [0.1, 0.15) is 6.61 Å². The van der Waals surface area contributed by atoms with E-state index in [1.54, 1.807) is 0 Å². The minimum absolute atomic E-state index is 0.131. The second-order valence-corrected chi connectivity index (χ2v) is 12.4. The number of hydrogen-bond donors (Lipinski definition) is 2. The summed E-state index contributed by atoms with van der Waals surface area (Å²) in [7, 11) is -4.76. The summed E-state index contributed by atoms with van der Waals surface area (Å²) in [6, 6.07) is 0. The standard InChI is InChI=1S/C33H57O9P/c1-3-5-7-9-12-17-21-25-32(34)39-27-29(28-40-43(36,37)38)41-33(35)26-22-18-14-11-13-16-20-24-31-30(42-31)23-19-15-10-8-6-4-2/h11,14-16,19-20,29-31H,3-10,12-13,17-18,21-28H2,1-2H3,(H2,36,37,38)/b14-11-,19-15-,20-16-/t29-,30?,31?/m1/s1. The number of epoxide rings is 1. The van der Waals surface area contributed by atoms with Gasteiger partial charge in [-0.25, -0.2) is 4.57 Å². The highest BCUT2D eigenvalue weighted by molar-refractivity contribution is 7.46. The van der Waals surface area contributed by atoms with Crippen LogP contribution in [-0.2, 0) is 32.9 Å². The molecule has 0 saturated carbocycles. The summed E-state index contributed by atoms with van der Waals surface area (Å²) < 4.78 is 31.8. The van der Waals surface area contributed by atoms with E-state index in [1.807, 2.05) is 12.2 Å². The molecule has 1 heterocycles. The van der Waals surface area contributed by atoms with Crippen LogP contribution in [0.2, 0.25) is 0 Å². The lowest BCUT2D eigenvalue weighted by Gasteiger charge is -2.18. The molecule has 0 aromatic rings. The minimum Gasteiger partial charge on any atom is -0.462 e. The van der Waals surface area contributed by atoms with E-state index in [1.165, 1.54) is 38.5 Å². The maximum atomic E-state index is 12.3. The Morgan fingerprint density at radius 3 is 1.98 bits per heavy atom. The summed E-state index contributed by atoms with van der Waals surface area (Å²) >= 11 is 0. The Balaban J connectivity index is 2.18. The van der Waals surface area contributed by atoms with Gasteiger partial charge < -0.3 is 24.0 Å². The summed E-state index contributed by atoms with van der Waals surface area (Å²) in [5.74, 6) is -0.967. The molecule has 0 aromatic carbocycles. The van der Waals surface area contributed by atoms with Gasteiger partial charge in [-0.15, -0.1) is 0 Å². The van der Waals surface area contributed by atoms with Crippen molar-refractivity contribution in [3.8, 4) is 0 Å². The SMILES string of the molecule is CCCCC/C=C\CC1OC1C/C=C\C/C=C\CCCC(=O)O[C@H](COC(=O)CCCCCCCCC)COP(=O)(O)O. The first kappa shape index (κ1) is 39.3. The molecular formula is C33H57O9P. The molecule has 0 aromatic heterocycles. The van der Waals surface area contributed by atoms with Crippen LogP contribution < -0.4 is 0 Å². The van der Waals surface area contributed by atoms with E-state index < -0.39 is 32.5 Å². The minimum atomic E-state index is -4.76. The predicted octanol–water partition coefficient (Wildman–Crippen LogP) is 8.05. The van der Waals surface area contributed by atoms with E-state index in [-0.39, 0.29) is 19.4 Å². The summed E-state index contributed by atoms with van der Waals surface area (Å²) in [4.78, 5) is 42.3. The maximum absolute atomic E-state index is 12.3. The summed E-state index contributed by atoms with van der Waals surface area (Å²) in [5.41, 5.74) is 0. The third-order valence-corrected chi connectivity index (χ3v) is 7.55. The highest BCUT2D eigenvalue weighted by Gasteiger charge is 2.35. The Bertz CT molecular complexity index is 864. The predicted molar refractivity (Wildman–Crippen MR) is 169 cm³/mol. The van der Waals surface area contributed by atoms with Gasteiger partial charge in [0.05, 0.1) is 18.8 Å². The number of ether oxygens (including phenoxy) is 3. The van der Waals surface area contributed by atoms with Crippen molar-refractivity contribution >= 4 is 19.8 Å². The van der Waals surface area contributed by atoms with Crippen molar-refractivity contribution in [3.63, 3.8) is 0 Å². The van der Waals surface area contributed by atoms with Gasteiger partial charge in [-0.1, -0.05) is 102 Å². The Labute approximate surface area is 259 Å². The molecule has 1 saturated heterocycles. The van der Waals surface area contributed by atoms with Gasteiger partial charge in [-0.3, -0.25) is 14.1 Å². The number of phosphoric acid groups is 1. The van der Waals surface area contributed by atoms with Gasteiger partial charge in [0.2, 0.25) is 0 Å².